The standard InChI is InChI=1S/C19H33N3O2/c1-2-20-18(21-10-4-11-23-13-14-5-6-14)22-16-15-7-12-24-17(15)19(16)8-3-9-19/h14-17H,2-13H2,1H3,(H2,20,21,22). The first kappa shape index (κ1) is 16.6. The third kappa shape index (κ3) is 3.17. The van der Waals surface area contributed by atoms with Crippen LogP contribution >= 0.6 is 0 Å². The van der Waals surface area contributed by atoms with Gasteiger partial charge in [-0.1, -0.05) is 6.42 Å². The van der Waals surface area contributed by atoms with E-state index in [0.717, 1.165) is 51.2 Å². The zero-order valence-electron chi connectivity index (χ0n) is 15.1. The molecule has 1 saturated heterocycles. The van der Waals surface area contributed by atoms with E-state index in [1.54, 1.807) is 0 Å². The van der Waals surface area contributed by atoms with Crippen LogP contribution in [0.25, 0.3) is 0 Å². The van der Waals surface area contributed by atoms with Crippen LogP contribution in [-0.2, 0) is 9.47 Å². The molecule has 1 heterocycles. The fourth-order valence-electron chi connectivity index (χ4n) is 4.82. The largest absolute Gasteiger partial charge is 0.381 e. The third-order valence-corrected chi connectivity index (χ3v) is 6.44. The van der Waals surface area contributed by atoms with E-state index in [4.69, 9.17) is 14.5 Å². The van der Waals surface area contributed by atoms with Crippen LogP contribution in [-0.4, -0.2) is 51.0 Å². The van der Waals surface area contributed by atoms with Crippen LogP contribution in [0.3, 0.4) is 0 Å². The molecule has 24 heavy (non-hydrogen) atoms. The molecule has 136 valence electrons. The lowest BCUT2D eigenvalue weighted by Gasteiger charge is -2.63. The van der Waals surface area contributed by atoms with Gasteiger partial charge in [-0.15, -0.1) is 0 Å². The Bertz CT molecular complexity index is 460. The van der Waals surface area contributed by atoms with Crippen molar-refractivity contribution in [3.63, 3.8) is 0 Å². The number of guanidine groups is 1. The van der Waals surface area contributed by atoms with Crippen molar-refractivity contribution < 1.29 is 9.47 Å². The molecule has 1 spiro atoms. The van der Waals surface area contributed by atoms with Crippen molar-refractivity contribution in [3.8, 4) is 0 Å². The molecule has 0 aromatic carbocycles. The number of hydrogen-bond acceptors (Lipinski definition) is 3. The minimum Gasteiger partial charge on any atom is -0.381 e. The lowest BCUT2D eigenvalue weighted by atomic mass is 9.46. The smallest absolute Gasteiger partial charge is 0.191 e. The van der Waals surface area contributed by atoms with Gasteiger partial charge in [-0.05, 0) is 51.4 Å². The van der Waals surface area contributed by atoms with Gasteiger partial charge in [0.25, 0.3) is 0 Å². The van der Waals surface area contributed by atoms with Gasteiger partial charge in [0.15, 0.2) is 5.96 Å². The average Bonchev–Trinajstić information content (AvgIpc) is 3.26. The van der Waals surface area contributed by atoms with E-state index in [9.17, 15) is 0 Å². The quantitative estimate of drug-likeness (QED) is 0.406. The van der Waals surface area contributed by atoms with E-state index in [1.807, 2.05) is 0 Å². The molecule has 4 rings (SSSR count). The molecule has 3 aliphatic carbocycles. The van der Waals surface area contributed by atoms with Gasteiger partial charge in [-0.25, -0.2) is 0 Å². The zero-order chi connectivity index (χ0) is 16.4. The average molecular weight is 335 g/mol. The van der Waals surface area contributed by atoms with Crippen molar-refractivity contribution in [1.82, 2.24) is 10.6 Å². The predicted molar refractivity (Wildman–Crippen MR) is 95.2 cm³/mol. The second kappa shape index (κ2) is 7.20. The molecule has 3 unspecified atom stereocenters. The second-order valence-electron chi connectivity index (χ2n) is 8.09. The Morgan fingerprint density at radius 3 is 2.88 bits per heavy atom. The summed E-state index contributed by atoms with van der Waals surface area (Å²) in [7, 11) is 0. The van der Waals surface area contributed by atoms with E-state index in [2.05, 4.69) is 17.6 Å². The zero-order valence-corrected chi connectivity index (χ0v) is 15.1. The molecule has 0 bridgehead atoms. The van der Waals surface area contributed by atoms with Gasteiger partial charge in [0, 0.05) is 50.3 Å². The Labute approximate surface area is 146 Å². The molecule has 3 atom stereocenters. The highest BCUT2D eigenvalue weighted by molar-refractivity contribution is 5.80. The highest BCUT2D eigenvalue weighted by atomic mass is 16.5. The van der Waals surface area contributed by atoms with E-state index in [-0.39, 0.29) is 0 Å². The molecule has 4 aliphatic rings. The van der Waals surface area contributed by atoms with Gasteiger partial charge in [-0.3, -0.25) is 4.99 Å². The third-order valence-electron chi connectivity index (χ3n) is 6.44. The molecule has 2 N–H and O–H groups in total. The molecule has 4 fully saturated rings. The van der Waals surface area contributed by atoms with Gasteiger partial charge in [-0.2, -0.15) is 0 Å². The van der Waals surface area contributed by atoms with E-state index >= 15 is 0 Å². The van der Waals surface area contributed by atoms with E-state index in [1.165, 1.54) is 38.5 Å². The Kier molecular flexibility index (Phi) is 5.00. The summed E-state index contributed by atoms with van der Waals surface area (Å²) in [6, 6.07) is 0.558. The topological polar surface area (TPSA) is 54.9 Å². The fourth-order valence-corrected chi connectivity index (χ4v) is 4.82. The summed E-state index contributed by atoms with van der Waals surface area (Å²) in [5, 5.41) is 7.18. The molecule has 0 radical (unpaired) electrons. The van der Waals surface area contributed by atoms with Crippen molar-refractivity contribution in [2.24, 2.45) is 22.2 Å². The Hall–Kier alpha value is -0.810. The molecular weight excluding hydrogens is 302 g/mol. The van der Waals surface area contributed by atoms with E-state index < -0.39 is 0 Å². The van der Waals surface area contributed by atoms with Crippen LogP contribution in [0, 0.1) is 17.3 Å². The second-order valence-corrected chi connectivity index (χ2v) is 8.09. The molecule has 5 nitrogen and oxygen atoms in total. The SMILES string of the molecule is CCNC(=NCCCOCC1CC1)NC1C2CCOC2C12CCC2. The van der Waals surface area contributed by atoms with Crippen LogP contribution < -0.4 is 10.6 Å². The summed E-state index contributed by atoms with van der Waals surface area (Å²) < 4.78 is 11.7. The van der Waals surface area contributed by atoms with Crippen LogP contribution in [0.5, 0.6) is 0 Å². The number of ether oxygens (including phenoxy) is 2. The first-order chi connectivity index (χ1) is 11.8. The molecule has 3 saturated carbocycles. The fraction of sp³-hybridized carbons (Fsp3) is 0.947. The summed E-state index contributed by atoms with van der Waals surface area (Å²) in [5.41, 5.74) is 0.407. The minimum absolute atomic E-state index is 0.407. The maximum absolute atomic E-state index is 6.01. The van der Waals surface area contributed by atoms with Crippen LogP contribution in [0.15, 0.2) is 4.99 Å². The predicted octanol–water partition coefficient (Wildman–Crippen LogP) is 2.32. The summed E-state index contributed by atoms with van der Waals surface area (Å²) in [4.78, 5) is 4.78. The number of aliphatic imine (C=N–C) groups is 1. The van der Waals surface area contributed by atoms with Crippen molar-refractivity contribution >= 4 is 5.96 Å². The normalized spacial score (nSPS) is 33.7. The van der Waals surface area contributed by atoms with E-state index in [0.29, 0.717) is 23.5 Å². The molecule has 0 aromatic heterocycles. The van der Waals surface area contributed by atoms with Crippen molar-refractivity contribution in [1.29, 1.82) is 0 Å². The lowest BCUT2D eigenvalue weighted by molar-refractivity contribution is -0.171. The van der Waals surface area contributed by atoms with Crippen LogP contribution in [0.2, 0.25) is 0 Å². The molecule has 0 amide bonds. The molecule has 0 aromatic rings. The first-order valence-electron chi connectivity index (χ1n) is 10.1. The number of nitrogens with one attached hydrogen (secondary N) is 2. The molecule has 5 heteroatoms. The van der Waals surface area contributed by atoms with Crippen LogP contribution in [0.1, 0.15) is 51.9 Å². The number of rotatable bonds is 8. The number of hydrogen-bond donors (Lipinski definition) is 2. The Morgan fingerprint density at radius 1 is 1.29 bits per heavy atom. The Balaban J connectivity index is 1.25. The van der Waals surface area contributed by atoms with Crippen molar-refractivity contribution in [2.45, 2.75) is 64.0 Å². The van der Waals surface area contributed by atoms with Crippen molar-refractivity contribution in [2.75, 3.05) is 32.9 Å². The van der Waals surface area contributed by atoms with Crippen LogP contribution in [0.4, 0.5) is 0 Å². The summed E-state index contributed by atoms with van der Waals surface area (Å²) in [6.07, 6.45) is 9.45. The lowest BCUT2D eigenvalue weighted by Crippen LogP contribution is -2.72. The highest BCUT2D eigenvalue weighted by Crippen LogP contribution is 2.62. The highest BCUT2D eigenvalue weighted by Gasteiger charge is 2.66. The molecule has 1 aliphatic heterocycles. The molecular formula is C19H33N3O2. The van der Waals surface area contributed by atoms with Gasteiger partial charge >= 0.3 is 0 Å². The summed E-state index contributed by atoms with van der Waals surface area (Å²) in [5.74, 6) is 2.53. The maximum atomic E-state index is 6.01. The maximum Gasteiger partial charge on any atom is 0.191 e. The summed E-state index contributed by atoms with van der Waals surface area (Å²) in [6.45, 7) is 6.62. The van der Waals surface area contributed by atoms with Gasteiger partial charge in [0.2, 0.25) is 0 Å². The number of fused-ring (bicyclic) bond motifs is 2. The monoisotopic (exact) mass is 335 g/mol. The van der Waals surface area contributed by atoms with Gasteiger partial charge < -0.3 is 20.1 Å². The summed E-state index contributed by atoms with van der Waals surface area (Å²) >= 11 is 0. The van der Waals surface area contributed by atoms with Gasteiger partial charge in [0.1, 0.15) is 0 Å². The number of nitrogens with zero attached hydrogens (tertiary/aromatic N) is 1. The minimum atomic E-state index is 0.407. The first-order valence-corrected chi connectivity index (χ1v) is 10.1. The van der Waals surface area contributed by atoms with Crippen molar-refractivity contribution in [3.05, 3.63) is 0 Å². The Morgan fingerprint density at radius 2 is 2.17 bits per heavy atom. The van der Waals surface area contributed by atoms with Gasteiger partial charge in [0.05, 0.1) is 6.10 Å².